The summed E-state index contributed by atoms with van der Waals surface area (Å²) >= 11 is 0. The SMILES string of the molecule is CCNC(=NCCCN1CCC(C)CC1)NC(C)CCS(C)(=O)=O. The van der Waals surface area contributed by atoms with Crippen molar-refractivity contribution in [3.8, 4) is 0 Å². The van der Waals surface area contributed by atoms with Gasteiger partial charge in [-0.05, 0) is 65.1 Å². The van der Waals surface area contributed by atoms with Gasteiger partial charge in [0.05, 0.1) is 5.75 Å². The average Bonchev–Trinajstić information content (AvgIpc) is 2.51. The van der Waals surface area contributed by atoms with Crippen LogP contribution in [0.4, 0.5) is 0 Å². The Morgan fingerprint density at radius 3 is 2.58 bits per heavy atom. The first-order valence-electron chi connectivity index (χ1n) is 9.25. The lowest BCUT2D eigenvalue weighted by molar-refractivity contribution is 0.192. The fourth-order valence-corrected chi connectivity index (χ4v) is 3.57. The summed E-state index contributed by atoms with van der Waals surface area (Å²) in [7, 11) is -2.91. The quantitative estimate of drug-likeness (QED) is 0.370. The third kappa shape index (κ3) is 10.1. The minimum atomic E-state index is -2.91. The van der Waals surface area contributed by atoms with Crippen LogP contribution < -0.4 is 10.6 Å². The molecule has 0 aliphatic carbocycles. The van der Waals surface area contributed by atoms with Gasteiger partial charge in [0.15, 0.2) is 5.96 Å². The first kappa shape index (κ1) is 21.2. The summed E-state index contributed by atoms with van der Waals surface area (Å²) < 4.78 is 22.5. The molecule has 0 spiro atoms. The molecule has 0 aromatic rings. The number of hydrogen-bond donors (Lipinski definition) is 2. The van der Waals surface area contributed by atoms with E-state index in [4.69, 9.17) is 0 Å². The topological polar surface area (TPSA) is 73.8 Å². The second-order valence-electron chi connectivity index (χ2n) is 7.10. The summed E-state index contributed by atoms with van der Waals surface area (Å²) in [5.74, 6) is 1.86. The van der Waals surface area contributed by atoms with Crippen LogP contribution >= 0.6 is 0 Å². The molecule has 1 fully saturated rings. The van der Waals surface area contributed by atoms with Gasteiger partial charge in [-0.15, -0.1) is 0 Å². The lowest BCUT2D eigenvalue weighted by atomic mass is 9.99. The zero-order valence-corrected chi connectivity index (χ0v) is 16.7. The Balaban J connectivity index is 2.30. The maximum absolute atomic E-state index is 11.3. The summed E-state index contributed by atoms with van der Waals surface area (Å²) in [6, 6.07) is 0.0844. The van der Waals surface area contributed by atoms with Gasteiger partial charge in [0.1, 0.15) is 9.84 Å². The molecule has 1 saturated heterocycles. The van der Waals surface area contributed by atoms with Gasteiger partial charge >= 0.3 is 0 Å². The zero-order chi connectivity index (χ0) is 18.0. The van der Waals surface area contributed by atoms with Gasteiger partial charge in [-0.2, -0.15) is 0 Å². The molecule has 1 aliphatic heterocycles. The third-order valence-electron chi connectivity index (χ3n) is 4.43. The minimum absolute atomic E-state index is 0.0844. The number of aliphatic imine (C=N–C) groups is 1. The molecule has 7 heteroatoms. The average molecular weight is 361 g/mol. The normalized spacial score (nSPS) is 19.2. The monoisotopic (exact) mass is 360 g/mol. The van der Waals surface area contributed by atoms with Crippen molar-refractivity contribution in [1.29, 1.82) is 0 Å². The van der Waals surface area contributed by atoms with Crippen LogP contribution in [0.5, 0.6) is 0 Å². The van der Waals surface area contributed by atoms with Crippen molar-refractivity contribution in [2.75, 3.05) is 44.7 Å². The smallest absolute Gasteiger partial charge is 0.191 e. The number of sulfone groups is 1. The number of likely N-dealkylation sites (tertiary alicyclic amines) is 1. The molecule has 1 atom stereocenters. The van der Waals surface area contributed by atoms with Gasteiger partial charge in [0.2, 0.25) is 0 Å². The largest absolute Gasteiger partial charge is 0.357 e. The molecule has 0 radical (unpaired) electrons. The summed E-state index contributed by atoms with van der Waals surface area (Å²) in [4.78, 5) is 7.15. The van der Waals surface area contributed by atoms with E-state index in [1.807, 2.05) is 13.8 Å². The van der Waals surface area contributed by atoms with E-state index in [0.29, 0.717) is 6.42 Å². The standard InChI is InChI=1S/C17H36N4O2S/c1-5-18-17(20-16(3)9-14-24(4,22)23)19-10-6-11-21-12-7-15(2)8-13-21/h15-16H,5-14H2,1-4H3,(H2,18,19,20). The Labute approximate surface area is 148 Å². The number of hydrogen-bond acceptors (Lipinski definition) is 4. The van der Waals surface area contributed by atoms with Gasteiger partial charge in [0, 0.05) is 25.4 Å². The molecular formula is C17H36N4O2S. The Morgan fingerprint density at radius 2 is 2.00 bits per heavy atom. The molecule has 142 valence electrons. The molecule has 24 heavy (non-hydrogen) atoms. The highest BCUT2D eigenvalue weighted by Crippen LogP contribution is 2.15. The first-order valence-corrected chi connectivity index (χ1v) is 11.3. The van der Waals surface area contributed by atoms with E-state index in [9.17, 15) is 8.42 Å². The fraction of sp³-hybridized carbons (Fsp3) is 0.941. The van der Waals surface area contributed by atoms with Crippen LogP contribution in [-0.4, -0.2) is 70.1 Å². The molecule has 1 unspecified atom stereocenters. The Morgan fingerprint density at radius 1 is 1.33 bits per heavy atom. The van der Waals surface area contributed by atoms with Gasteiger partial charge < -0.3 is 15.5 Å². The molecule has 1 rings (SSSR count). The summed E-state index contributed by atoms with van der Waals surface area (Å²) in [6.45, 7) is 11.5. The van der Waals surface area contributed by atoms with E-state index in [1.165, 1.54) is 32.2 Å². The molecule has 0 saturated carbocycles. The number of guanidine groups is 1. The van der Waals surface area contributed by atoms with E-state index < -0.39 is 9.84 Å². The van der Waals surface area contributed by atoms with Gasteiger partial charge in [-0.1, -0.05) is 6.92 Å². The Hall–Kier alpha value is -0.820. The molecule has 6 nitrogen and oxygen atoms in total. The molecule has 0 aromatic heterocycles. The molecule has 1 aliphatic rings. The maximum Gasteiger partial charge on any atom is 0.191 e. The predicted molar refractivity (Wildman–Crippen MR) is 102 cm³/mol. The van der Waals surface area contributed by atoms with Crippen molar-refractivity contribution in [2.45, 2.75) is 52.5 Å². The van der Waals surface area contributed by atoms with E-state index in [2.05, 4.69) is 27.4 Å². The van der Waals surface area contributed by atoms with Crippen LogP contribution in [0.15, 0.2) is 4.99 Å². The van der Waals surface area contributed by atoms with Crippen molar-refractivity contribution in [3.05, 3.63) is 0 Å². The first-order chi connectivity index (χ1) is 11.3. The summed E-state index contributed by atoms with van der Waals surface area (Å²) in [5, 5.41) is 6.53. The van der Waals surface area contributed by atoms with E-state index in [1.54, 1.807) is 0 Å². The second kappa shape index (κ2) is 10.9. The molecule has 0 bridgehead atoms. The Kier molecular flexibility index (Phi) is 9.66. The van der Waals surface area contributed by atoms with Crippen LogP contribution in [-0.2, 0) is 9.84 Å². The van der Waals surface area contributed by atoms with Crippen molar-refractivity contribution < 1.29 is 8.42 Å². The van der Waals surface area contributed by atoms with Gasteiger partial charge in [-0.25, -0.2) is 8.42 Å². The van der Waals surface area contributed by atoms with Crippen molar-refractivity contribution in [1.82, 2.24) is 15.5 Å². The van der Waals surface area contributed by atoms with Gasteiger partial charge in [-0.3, -0.25) is 4.99 Å². The highest BCUT2D eigenvalue weighted by atomic mass is 32.2. The van der Waals surface area contributed by atoms with Crippen LogP contribution in [0.2, 0.25) is 0 Å². The van der Waals surface area contributed by atoms with Crippen LogP contribution in [0, 0.1) is 5.92 Å². The van der Waals surface area contributed by atoms with E-state index in [-0.39, 0.29) is 11.8 Å². The third-order valence-corrected chi connectivity index (χ3v) is 5.40. The van der Waals surface area contributed by atoms with Crippen LogP contribution in [0.3, 0.4) is 0 Å². The number of rotatable bonds is 9. The molecule has 1 heterocycles. The number of nitrogens with zero attached hydrogens (tertiary/aromatic N) is 2. The summed E-state index contributed by atoms with van der Waals surface area (Å²) in [5.41, 5.74) is 0. The van der Waals surface area contributed by atoms with Gasteiger partial charge in [0.25, 0.3) is 0 Å². The molecule has 2 N–H and O–H groups in total. The van der Waals surface area contributed by atoms with Crippen LogP contribution in [0.1, 0.15) is 46.5 Å². The van der Waals surface area contributed by atoms with E-state index in [0.717, 1.165) is 37.9 Å². The second-order valence-corrected chi connectivity index (χ2v) is 9.36. The molecular weight excluding hydrogens is 324 g/mol. The lowest BCUT2D eigenvalue weighted by Gasteiger charge is -2.29. The summed E-state index contributed by atoms with van der Waals surface area (Å²) in [6.07, 6.45) is 5.55. The molecule has 0 aromatic carbocycles. The highest BCUT2D eigenvalue weighted by molar-refractivity contribution is 7.90. The lowest BCUT2D eigenvalue weighted by Crippen LogP contribution is -2.43. The predicted octanol–water partition coefficient (Wildman–Crippen LogP) is 1.49. The number of piperidine rings is 1. The van der Waals surface area contributed by atoms with Crippen molar-refractivity contribution >= 4 is 15.8 Å². The van der Waals surface area contributed by atoms with Crippen molar-refractivity contribution in [2.24, 2.45) is 10.9 Å². The number of nitrogens with one attached hydrogen (secondary N) is 2. The van der Waals surface area contributed by atoms with E-state index >= 15 is 0 Å². The maximum atomic E-state index is 11.3. The fourth-order valence-electron chi connectivity index (χ4n) is 2.79. The molecule has 0 amide bonds. The van der Waals surface area contributed by atoms with Crippen LogP contribution in [0.25, 0.3) is 0 Å². The highest BCUT2D eigenvalue weighted by Gasteiger charge is 2.14. The minimum Gasteiger partial charge on any atom is -0.357 e. The van der Waals surface area contributed by atoms with Crippen molar-refractivity contribution in [3.63, 3.8) is 0 Å². The Bertz CT molecular complexity index is 471. The zero-order valence-electron chi connectivity index (χ0n) is 15.8.